The van der Waals surface area contributed by atoms with Gasteiger partial charge in [0.1, 0.15) is 5.75 Å². The molecule has 4 nitrogen and oxygen atoms in total. The Kier molecular flexibility index (Phi) is 8.76. The van der Waals surface area contributed by atoms with Gasteiger partial charge in [-0.25, -0.2) is 4.79 Å². The van der Waals surface area contributed by atoms with Crippen LogP contribution in [-0.4, -0.2) is 22.2 Å². The summed E-state index contributed by atoms with van der Waals surface area (Å²) in [7, 11) is 0. The summed E-state index contributed by atoms with van der Waals surface area (Å²) in [6.07, 6.45) is 0. The van der Waals surface area contributed by atoms with Crippen LogP contribution in [0.25, 0.3) is 21.7 Å². The number of fused-ring (bicyclic) bond motifs is 2. The van der Waals surface area contributed by atoms with Crippen molar-refractivity contribution < 1.29 is 14.6 Å². The number of phenols is 1. The number of halogens is 2. The Bertz CT molecular complexity index is 1640. The molecule has 196 valence electrons. The molecule has 1 N–H and O–H groups in total. The summed E-state index contributed by atoms with van der Waals surface area (Å²) in [5.41, 5.74) is 5.85. The molecule has 1 heterocycles. The molecule has 0 spiro atoms. The molecule has 5 rings (SSSR count). The minimum atomic E-state index is -0.373. The summed E-state index contributed by atoms with van der Waals surface area (Å²) in [4.78, 5) is 14.5. The first-order valence-electron chi connectivity index (χ1n) is 12.2. The number of nitrogens with zero attached hydrogens (tertiary/aromatic N) is 1. The van der Waals surface area contributed by atoms with Gasteiger partial charge < -0.3 is 14.4 Å². The van der Waals surface area contributed by atoms with Crippen LogP contribution in [0.4, 0.5) is 0 Å². The first-order valence-corrected chi connectivity index (χ1v) is 14.0. The fourth-order valence-corrected chi connectivity index (χ4v) is 6.26. The average Bonchev–Trinajstić information content (AvgIpc) is 3.16. The maximum Gasteiger partial charge on any atom is 0.340 e. The fraction of sp³-hybridized carbons (Fsp3) is 0.194. The van der Waals surface area contributed by atoms with Gasteiger partial charge in [-0.05, 0) is 76.8 Å². The van der Waals surface area contributed by atoms with Gasteiger partial charge in [0.2, 0.25) is 0 Å². The van der Waals surface area contributed by atoms with E-state index in [2.05, 4.69) is 88.9 Å². The van der Waals surface area contributed by atoms with E-state index in [4.69, 9.17) is 4.74 Å². The Balaban J connectivity index is 0.00000336. The number of aromatic hydroxyl groups is 1. The highest BCUT2D eigenvalue weighted by Crippen LogP contribution is 2.38. The van der Waals surface area contributed by atoms with Crippen molar-refractivity contribution in [3.63, 3.8) is 0 Å². The van der Waals surface area contributed by atoms with E-state index in [1.165, 1.54) is 26.8 Å². The molecule has 1 aromatic heterocycles. The number of aromatic nitrogens is 1. The summed E-state index contributed by atoms with van der Waals surface area (Å²) >= 11 is 5.19. The van der Waals surface area contributed by atoms with Crippen molar-refractivity contribution in [1.82, 2.24) is 4.57 Å². The van der Waals surface area contributed by atoms with Crippen molar-refractivity contribution >= 4 is 67.7 Å². The lowest BCUT2D eigenvalue weighted by Crippen LogP contribution is -2.10. The van der Waals surface area contributed by atoms with Gasteiger partial charge >= 0.3 is 5.97 Å². The van der Waals surface area contributed by atoms with Crippen molar-refractivity contribution in [3.8, 4) is 5.75 Å². The highest BCUT2D eigenvalue weighted by Gasteiger charge is 2.25. The number of carbonyl (C=O) groups excluding carboxylic acids is 1. The fourth-order valence-electron chi connectivity index (χ4n) is 4.88. The van der Waals surface area contributed by atoms with Crippen molar-refractivity contribution in [2.24, 2.45) is 0 Å². The molecular weight excluding hydrogens is 582 g/mol. The lowest BCUT2D eigenvalue weighted by Gasteiger charge is -2.15. The Labute approximate surface area is 241 Å². The lowest BCUT2D eigenvalue weighted by atomic mass is 10.0. The number of esters is 1. The zero-order valence-corrected chi connectivity index (χ0v) is 24.7. The van der Waals surface area contributed by atoms with Crippen LogP contribution in [-0.2, 0) is 17.0 Å². The van der Waals surface area contributed by atoms with E-state index in [9.17, 15) is 9.90 Å². The van der Waals surface area contributed by atoms with Gasteiger partial charge in [0.05, 0.1) is 22.2 Å². The molecule has 0 aliphatic heterocycles. The Morgan fingerprint density at radius 3 is 2.53 bits per heavy atom. The van der Waals surface area contributed by atoms with Crippen LogP contribution in [0, 0.1) is 13.8 Å². The van der Waals surface area contributed by atoms with Crippen molar-refractivity contribution in [1.29, 1.82) is 0 Å². The van der Waals surface area contributed by atoms with Crippen LogP contribution >= 0.6 is 40.1 Å². The standard InChI is InChI=1S/C31H28BrNO3S.ClH/c1-4-36-31(35)30-24-15-28(34)25(32)16-26(24)33(17-22-10-7-9-21-8-5-6-11-23(21)22)27(30)18-37-29-13-12-19(2)14-20(29)3;/h5-16,34H,4,17-18H2,1-3H3;1H. The minimum absolute atomic E-state index is 0. The molecule has 0 radical (unpaired) electrons. The zero-order chi connectivity index (χ0) is 26.1. The highest BCUT2D eigenvalue weighted by molar-refractivity contribution is 9.10. The predicted octanol–water partition coefficient (Wildman–Crippen LogP) is 8.82. The average molecular weight is 611 g/mol. The topological polar surface area (TPSA) is 51.5 Å². The van der Waals surface area contributed by atoms with Gasteiger partial charge in [-0.3, -0.25) is 0 Å². The number of rotatable bonds is 7. The van der Waals surface area contributed by atoms with Crippen LogP contribution in [0.5, 0.6) is 5.75 Å². The van der Waals surface area contributed by atoms with Gasteiger partial charge in [-0.2, -0.15) is 0 Å². The monoisotopic (exact) mass is 609 g/mol. The summed E-state index contributed by atoms with van der Waals surface area (Å²) < 4.78 is 8.30. The number of benzene rings is 4. The second-order valence-electron chi connectivity index (χ2n) is 9.14. The van der Waals surface area contributed by atoms with E-state index in [0.29, 0.717) is 27.7 Å². The summed E-state index contributed by atoms with van der Waals surface area (Å²) in [5.74, 6) is 0.298. The number of aryl methyl sites for hydroxylation is 2. The molecule has 38 heavy (non-hydrogen) atoms. The number of ether oxygens (including phenoxy) is 1. The molecule has 4 aromatic carbocycles. The Morgan fingerprint density at radius 2 is 1.76 bits per heavy atom. The largest absolute Gasteiger partial charge is 0.507 e. The van der Waals surface area contributed by atoms with Gasteiger partial charge in [0.15, 0.2) is 0 Å². The zero-order valence-electron chi connectivity index (χ0n) is 21.5. The predicted molar refractivity (Wildman–Crippen MR) is 163 cm³/mol. The molecule has 0 aliphatic rings. The van der Waals surface area contributed by atoms with Gasteiger partial charge in [0, 0.05) is 28.3 Å². The van der Waals surface area contributed by atoms with E-state index >= 15 is 0 Å². The quantitative estimate of drug-likeness (QED) is 0.148. The Hall–Kier alpha value is -2.93. The van der Waals surface area contributed by atoms with E-state index in [1.54, 1.807) is 17.8 Å². The van der Waals surface area contributed by atoms with Crippen LogP contribution < -0.4 is 0 Å². The minimum Gasteiger partial charge on any atom is -0.507 e. The SMILES string of the molecule is CCOC(=O)c1c(CSc2ccc(C)cc2C)n(Cc2cccc3ccccc23)c2cc(Br)c(O)cc12.Cl. The second-order valence-corrected chi connectivity index (χ2v) is 11.0. The summed E-state index contributed by atoms with van der Waals surface area (Å²) in [6.45, 7) is 6.87. The first-order chi connectivity index (χ1) is 17.9. The highest BCUT2D eigenvalue weighted by atomic mass is 79.9. The van der Waals surface area contributed by atoms with Gasteiger partial charge in [-0.15, -0.1) is 24.2 Å². The van der Waals surface area contributed by atoms with Crippen LogP contribution in [0.15, 0.2) is 82.2 Å². The molecule has 7 heteroatoms. The molecule has 0 saturated carbocycles. The number of phenolic OH excluding ortho intramolecular Hbond substituents is 1. The third-order valence-electron chi connectivity index (χ3n) is 6.62. The summed E-state index contributed by atoms with van der Waals surface area (Å²) in [6, 6.07) is 24.6. The van der Waals surface area contributed by atoms with E-state index in [0.717, 1.165) is 16.8 Å². The van der Waals surface area contributed by atoms with Crippen LogP contribution in [0.3, 0.4) is 0 Å². The molecule has 0 aliphatic carbocycles. The Morgan fingerprint density at radius 1 is 1.00 bits per heavy atom. The summed E-state index contributed by atoms with van der Waals surface area (Å²) in [5, 5.41) is 13.6. The third kappa shape index (κ3) is 5.44. The smallest absolute Gasteiger partial charge is 0.340 e. The molecule has 0 fully saturated rings. The molecule has 0 amide bonds. The molecular formula is C31H29BrClNO3S. The maximum atomic E-state index is 13.3. The molecule has 0 unspecified atom stereocenters. The third-order valence-corrected chi connectivity index (χ3v) is 8.44. The van der Waals surface area contributed by atoms with E-state index in [-0.39, 0.29) is 30.7 Å². The number of hydrogen-bond donors (Lipinski definition) is 1. The number of thioether (sulfide) groups is 1. The number of hydrogen-bond acceptors (Lipinski definition) is 4. The molecule has 5 aromatic rings. The van der Waals surface area contributed by atoms with Crippen molar-refractivity contribution in [2.45, 2.75) is 38.0 Å². The normalized spacial score (nSPS) is 11.1. The van der Waals surface area contributed by atoms with Crippen molar-refractivity contribution in [2.75, 3.05) is 6.61 Å². The number of carbonyl (C=O) groups is 1. The van der Waals surface area contributed by atoms with E-state index < -0.39 is 0 Å². The van der Waals surface area contributed by atoms with Crippen molar-refractivity contribution in [3.05, 3.63) is 105 Å². The second kappa shape index (κ2) is 11.9. The molecule has 0 saturated heterocycles. The van der Waals surface area contributed by atoms with E-state index in [1.807, 2.05) is 19.1 Å². The molecule has 0 bridgehead atoms. The first kappa shape index (κ1) is 28.1. The lowest BCUT2D eigenvalue weighted by molar-refractivity contribution is 0.0527. The van der Waals surface area contributed by atoms with Crippen LogP contribution in [0.2, 0.25) is 0 Å². The molecule has 0 atom stereocenters. The van der Waals surface area contributed by atoms with Gasteiger partial charge in [0.25, 0.3) is 0 Å². The van der Waals surface area contributed by atoms with Crippen LogP contribution in [0.1, 0.15) is 39.7 Å². The van der Waals surface area contributed by atoms with Gasteiger partial charge in [-0.1, -0.05) is 60.2 Å². The maximum absolute atomic E-state index is 13.3.